The van der Waals surface area contributed by atoms with Crippen LogP contribution in [0.25, 0.3) is 11.1 Å². The molecule has 3 aromatic rings. The molecule has 0 unspecified atom stereocenters. The van der Waals surface area contributed by atoms with Crippen molar-refractivity contribution in [1.29, 1.82) is 0 Å². The minimum absolute atomic E-state index is 0.00102. The Bertz CT molecular complexity index is 1290. The average Bonchev–Trinajstić information content (AvgIpc) is 2.86. The Morgan fingerprint density at radius 2 is 1.94 bits per heavy atom. The standard InChI is InChI=1S/C26H31FN4O4S/c1-18-13-31(19(2)16-32)36(33,34)26-9-8-21(22-6-4-5-7-23(22)27)10-24(26)35-25(18)15-30(3)14-20-11-28-17-29-12-20/h4-12,17-19,25,32H,13-16H2,1-3H3/t18-,19-,25-/m0/s1. The Morgan fingerprint density at radius 1 is 1.22 bits per heavy atom. The van der Waals surface area contributed by atoms with Crippen molar-refractivity contribution in [2.45, 2.75) is 37.4 Å². The Kier molecular flexibility index (Phi) is 7.99. The quantitative estimate of drug-likeness (QED) is 0.517. The molecule has 192 valence electrons. The van der Waals surface area contributed by atoms with Crippen molar-refractivity contribution >= 4 is 10.0 Å². The van der Waals surface area contributed by atoms with Gasteiger partial charge in [-0.25, -0.2) is 22.8 Å². The number of halogens is 1. The van der Waals surface area contributed by atoms with E-state index >= 15 is 0 Å². The van der Waals surface area contributed by atoms with Crippen LogP contribution in [0.4, 0.5) is 4.39 Å². The molecule has 1 aliphatic heterocycles. The molecule has 2 aromatic carbocycles. The number of ether oxygens (including phenoxy) is 1. The van der Waals surface area contributed by atoms with E-state index in [-0.39, 0.29) is 35.8 Å². The van der Waals surface area contributed by atoms with Gasteiger partial charge in [0.25, 0.3) is 0 Å². The van der Waals surface area contributed by atoms with Gasteiger partial charge in [-0.2, -0.15) is 4.31 Å². The summed E-state index contributed by atoms with van der Waals surface area (Å²) in [5.41, 5.74) is 1.82. The van der Waals surface area contributed by atoms with Crippen LogP contribution in [0.2, 0.25) is 0 Å². The molecule has 0 saturated carbocycles. The largest absolute Gasteiger partial charge is 0.487 e. The molecule has 36 heavy (non-hydrogen) atoms. The Balaban J connectivity index is 1.74. The number of aliphatic hydroxyl groups excluding tert-OH is 1. The van der Waals surface area contributed by atoms with E-state index in [0.29, 0.717) is 24.2 Å². The number of hydrogen-bond donors (Lipinski definition) is 1. The third-order valence-electron chi connectivity index (χ3n) is 6.41. The summed E-state index contributed by atoms with van der Waals surface area (Å²) in [6.07, 6.45) is 4.60. The predicted molar refractivity (Wildman–Crippen MR) is 134 cm³/mol. The third kappa shape index (κ3) is 5.57. The van der Waals surface area contributed by atoms with Crippen molar-refractivity contribution < 1.29 is 22.7 Å². The van der Waals surface area contributed by atoms with Crippen LogP contribution < -0.4 is 4.74 Å². The molecule has 0 amide bonds. The van der Waals surface area contributed by atoms with Crippen LogP contribution in [-0.4, -0.2) is 71.6 Å². The van der Waals surface area contributed by atoms with Crippen molar-refractivity contribution in [3.05, 3.63) is 72.6 Å². The monoisotopic (exact) mass is 514 g/mol. The van der Waals surface area contributed by atoms with Crippen LogP contribution in [0.15, 0.2) is 66.1 Å². The number of fused-ring (bicyclic) bond motifs is 1. The zero-order chi connectivity index (χ0) is 25.9. The molecule has 0 fully saturated rings. The first-order valence-electron chi connectivity index (χ1n) is 11.8. The highest BCUT2D eigenvalue weighted by Gasteiger charge is 2.38. The highest BCUT2D eigenvalue weighted by Crippen LogP contribution is 2.37. The van der Waals surface area contributed by atoms with Crippen molar-refractivity contribution in [2.75, 3.05) is 26.7 Å². The van der Waals surface area contributed by atoms with Crippen LogP contribution >= 0.6 is 0 Å². The van der Waals surface area contributed by atoms with E-state index in [4.69, 9.17) is 4.74 Å². The second-order valence-corrected chi connectivity index (χ2v) is 11.2. The summed E-state index contributed by atoms with van der Waals surface area (Å²) in [5.74, 6) is -0.441. The van der Waals surface area contributed by atoms with Gasteiger partial charge >= 0.3 is 0 Å². The van der Waals surface area contributed by atoms with Gasteiger partial charge in [0.2, 0.25) is 10.0 Å². The summed E-state index contributed by atoms with van der Waals surface area (Å²) in [4.78, 5) is 10.2. The fraction of sp³-hybridized carbons (Fsp3) is 0.385. The fourth-order valence-electron chi connectivity index (χ4n) is 4.40. The van der Waals surface area contributed by atoms with E-state index in [9.17, 15) is 17.9 Å². The number of sulfonamides is 1. The molecule has 10 heteroatoms. The predicted octanol–water partition coefficient (Wildman–Crippen LogP) is 3.18. The van der Waals surface area contributed by atoms with Crippen LogP contribution in [0.3, 0.4) is 0 Å². The summed E-state index contributed by atoms with van der Waals surface area (Å²) in [6, 6.07) is 10.4. The van der Waals surface area contributed by atoms with Crippen molar-refractivity contribution in [3.63, 3.8) is 0 Å². The van der Waals surface area contributed by atoms with Crippen LogP contribution in [-0.2, 0) is 16.6 Å². The highest BCUT2D eigenvalue weighted by molar-refractivity contribution is 7.89. The topological polar surface area (TPSA) is 95.9 Å². The number of hydrogen-bond acceptors (Lipinski definition) is 7. The zero-order valence-electron chi connectivity index (χ0n) is 20.6. The molecule has 8 nitrogen and oxygen atoms in total. The number of aromatic nitrogens is 2. The normalized spacial score (nSPS) is 20.7. The molecule has 0 radical (unpaired) electrons. The molecule has 0 saturated heterocycles. The second kappa shape index (κ2) is 11.0. The lowest BCUT2D eigenvalue weighted by Crippen LogP contribution is -2.49. The van der Waals surface area contributed by atoms with E-state index < -0.39 is 21.9 Å². The van der Waals surface area contributed by atoms with E-state index in [1.54, 1.807) is 49.6 Å². The van der Waals surface area contributed by atoms with E-state index in [1.165, 1.54) is 22.8 Å². The van der Waals surface area contributed by atoms with Gasteiger partial charge in [-0.05, 0) is 37.7 Å². The van der Waals surface area contributed by atoms with Gasteiger partial charge in [0.15, 0.2) is 0 Å². The molecule has 0 bridgehead atoms. The van der Waals surface area contributed by atoms with Gasteiger partial charge in [-0.3, -0.25) is 4.90 Å². The zero-order valence-corrected chi connectivity index (χ0v) is 21.4. The Hall–Kier alpha value is -2.92. The molecule has 1 aromatic heterocycles. The number of nitrogens with zero attached hydrogens (tertiary/aromatic N) is 4. The molecule has 1 aliphatic rings. The van der Waals surface area contributed by atoms with Crippen molar-refractivity contribution in [3.8, 4) is 16.9 Å². The lowest BCUT2D eigenvalue weighted by molar-refractivity contribution is 0.0733. The van der Waals surface area contributed by atoms with Crippen LogP contribution in [0, 0.1) is 11.7 Å². The molecular formula is C26H31FN4O4S. The number of likely N-dealkylation sites (N-methyl/N-ethyl adjacent to an activating group) is 1. The number of benzene rings is 2. The molecule has 3 atom stereocenters. The average molecular weight is 515 g/mol. The van der Waals surface area contributed by atoms with Gasteiger partial charge in [-0.15, -0.1) is 0 Å². The van der Waals surface area contributed by atoms with Gasteiger partial charge in [0.05, 0.1) is 6.61 Å². The van der Waals surface area contributed by atoms with Gasteiger partial charge < -0.3 is 9.84 Å². The van der Waals surface area contributed by atoms with Gasteiger partial charge in [-0.1, -0.05) is 31.2 Å². The van der Waals surface area contributed by atoms with Gasteiger partial charge in [0, 0.05) is 55.1 Å². The highest BCUT2D eigenvalue weighted by atomic mass is 32.2. The summed E-state index contributed by atoms with van der Waals surface area (Å²) in [5, 5.41) is 9.82. The molecular weight excluding hydrogens is 483 g/mol. The Labute approximate surface area is 211 Å². The van der Waals surface area contributed by atoms with Crippen molar-refractivity contribution in [1.82, 2.24) is 19.2 Å². The maximum Gasteiger partial charge on any atom is 0.247 e. The maximum atomic E-state index is 14.5. The first-order chi connectivity index (χ1) is 17.2. The smallest absolute Gasteiger partial charge is 0.247 e. The molecule has 2 heterocycles. The SMILES string of the molecule is C[C@H]1CN([C@@H](C)CO)S(=O)(=O)c2ccc(-c3ccccc3F)cc2O[C@H]1CN(C)Cc1cncnc1. The first kappa shape index (κ1) is 26.2. The molecule has 0 spiro atoms. The number of aliphatic hydroxyl groups is 1. The van der Waals surface area contributed by atoms with Crippen molar-refractivity contribution in [2.24, 2.45) is 5.92 Å². The summed E-state index contributed by atoms with van der Waals surface area (Å²) in [7, 11) is -2.02. The summed E-state index contributed by atoms with van der Waals surface area (Å²) >= 11 is 0. The third-order valence-corrected chi connectivity index (χ3v) is 8.43. The lowest BCUT2D eigenvalue weighted by atomic mass is 10.0. The summed E-state index contributed by atoms with van der Waals surface area (Å²) in [6.45, 7) is 4.57. The minimum atomic E-state index is -3.97. The second-order valence-electron chi connectivity index (χ2n) is 9.32. The molecule has 0 aliphatic carbocycles. The molecule has 1 N–H and O–H groups in total. The molecule has 4 rings (SSSR count). The van der Waals surface area contributed by atoms with E-state index in [0.717, 1.165) is 5.56 Å². The first-order valence-corrected chi connectivity index (χ1v) is 13.3. The van der Waals surface area contributed by atoms with E-state index in [2.05, 4.69) is 14.9 Å². The maximum absolute atomic E-state index is 14.5. The van der Waals surface area contributed by atoms with Crippen LogP contribution in [0.5, 0.6) is 5.75 Å². The lowest BCUT2D eigenvalue weighted by Gasteiger charge is -2.37. The fourth-order valence-corrected chi connectivity index (χ4v) is 6.23. The summed E-state index contributed by atoms with van der Waals surface area (Å²) < 4.78 is 49.5. The van der Waals surface area contributed by atoms with E-state index in [1.807, 2.05) is 14.0 Å². The van der Waals surface area contributed by atoms with Crippen LogP contribution in [0.1, 0.15) is 19.4 Å². The number of rotatable bonds is 7. The van der Waals surface area contributed by atoms with Gasteiger partial charge in [0.1, 0.15) is 28.9 Å². The Morgan fingerprint density at radius 3 is 2.64 bits per heavy atom. The minimum Gasteiger partial charge on any atom is -0.487 e.